The van der Waals surface area contributed by atoms with Crippen LogP contribution in [0.4, 0.5) is 9.59 Å². The van der Waals surface area contributed by atoms with Crippen molar-refractivity contribution >= 4 is 36.1 Å². The summed E-state index contributed by atoms with van der Waals surface area (Å²) >= 11 is 0. The minimum Gasteiger partial charge on any atom is -0.491 e. The van der Waals surface area contributed by atoms with Gasteiger partial charge in [-0.2, -0.15) is 0 Å². The first-order valence-electron chi connectivity index (χ1n) is 18.3. The quantitative estimate of drug-likeness (QED) is 0.0486. The molecule has 18 heteroatoms. The van der Waals surface area contributed by atoms with Gasteiger partial charge in [-0.05, 0) is 52.7 Å². The van der Waals surface area contributed by atoms with Crippen LogP contribution in [0.3, 0.4) is 0 Å². The third kappa shape index (κ3) is 24.6. The van der Waals surface area contributed by atoms with Crippen LogP contribution in [0, 0.1) is 0 Å². The summed E-state index contributed by atoms with van der Waals surface area (Å²) in [5.74, 6) is -1.40. The Balaban J connectivity index is 2.50. The van der Waals surface area contributed by atoms with Crippen LogP contribution in [-0.2, 0) is 57.1 Å². The van der Waals surface area contributed by atoms with Crippen molar-refractivity contribution in [1.29, 1.82) is 0 Å². The highest BCUT2D eigenvalue weighted by Gasteiger charge is 2.19. The van der Waals surface area contributed by atoms with Gasteiger partial charge in [0.15, 0.2) is 12.2 Å². The van der Waals surface area contributed by atoms with Crippen molar-refractivity contribution < 1.29 is 76.1 Å². The predicted octanol–water partition coefficient (Wildman–Crippen LogP) is 3.92. The third-order valence-corrected chi connectivity index (χ3v) is 6.79. The summed E-state index contributed by atoms with van der Waals surface area (Å²) in [7, 11) is 0. The van der Waals surface area contributed by atoms with E-state index in [9.17, 15) is 28.8 Å². The smallest absolute Gasteiger partial charge is 0.407 e. The molecule has 0 saturated carbocycles. The Labute approximate surface area is 338 Å². The summed E-state index contributed by atoms with van der Waals surface area (Å²) in [6.07, 6.45) is -2.76. The molecule has 1 rings (SSSR count). The lowest BCUT2D eigenvalue weighted by atomic mass is 10.3. The fraction of sp³-hybridized carbons (Fsp3) is 0.500. The van der Waals surface area contributed by atoms with Crippen molar-refractivity contribution in [3.05, 3.63) is 72.9 Å². The molecular formula is C40H56N2O16. The SMILES string of the molecule is C=C(C)C(=O)OCCCNC(=O)OC(COCCOc1cccc(OCCOCC(COC(=O)C(=C)C)OC(=O)NCCCOC(=O)C(=C)C)c1)COC(=O)C(=C)C. The van der Waals surface area contributed by atoms with Crippen molar-refractivity contribution in [2.45, 2.75) is 52.7 Å². The molecule has 1 aromatic carbocycles. The standard InChI is InChI=1S/C40H56N2O16/c1-27(2)35(43)53-16-10-14-41-39(47)57-33(25-55-37(45)29(5)6)23-49-18-20-51-31-12-9-13-32(22-31)52-21-19-50-24-34(26-56-38(46)30(7)8)58-40(48)42-15-11-17-54-36(44)28(3)4/h9,12-13,22,33-34H,1,3,5,7,10-11,14-21,23-26H2,2,4,6,8H3,(H,41,47)(H,42,48). The van der Waals surface area contributed by atoms with E-state index in [1.54, 1.807) is 24.3 Å². The summed E-state index contributed by atoms with van der Waals surface area (Å²) in [5, 5.41) is 5.06. The largest absolute Gasteiger partial charge is 0.491 e. The van der Waals surface area contributed by atoms with Gasteiger partial charge >= 0.3 is 36.1 Å². The number of carbonyl (C=O) groups excluding carboxylic acids is 6. The second-order valence-corrected chi connectivity index (χ2v) is 12.5. The van der Waals surface area contributed by atoms with Crippen LogP contribution in [-0.4, -0.2) is 127 Å². The molecule has 0 aliphatic heterocycles. The highest BCUT2D eigenvalue weighted by Crippen LogP contribution is 2.19. The highest BCUT2D eigenvalue weighted by atomic mass is 16.6. The maximum Gasteiger partial charge on any atom is 0.407 e. The molecule has 0 fully saturated rings. The number of carbonyl (C=O) groups is 6. The molecule has 18 nitrogen and oxygen atoms in total. The van der Waals surface area contributed by atoms with E-state index < -0.39 is 48.3 Å². The zero-order chi connectivity index (χ0) is 43.3. The highest BCUT2D eigenvalue weighted by molar-refractivity contribution is 5.88. The monoisotopic (exact) mass is 820 g/mol. The van der Waals surface area contributed by atoms with Crippen molar-refractivity contribution in [2.24, 2.45) is 0 Å². The van der Waals surface area contributed by atoms with Gasteiger partial charge in [-0.1, -0.05) is 32.4 Å². The molecule has 322 valence electrons. The summed E-state index contributed by atoms with van der Waals surface area (Å²) in [6.45, 7) is 20.2. The maximum absolute atomic E-state index is 12.3. The van der Waals surface area contributed by atoms with Crippen LogP contribution in [0.25, 0.3) is 0 Å². The number of nitrogens with one attached hydrogen (secondary N) is 2. The van der Waals surface area contributed by atoms with Gasteiger partial charge in [-0.15, -0.1) is 0 Å². The van der Waals surface area contributed by atoms with Gasteiger partial charge in [0, 0.05) is 41.4 Å². The molecule has 0 bridgehead atoms. The molecule has 2 atom stereocenters. The molecule has 2 unspecified atom stereocenters. The molecule has 58 heavy (non-hydrogen) atoms. The van der Waals surface area contributed by atoms with Gasteiger partial charge in [-0.3, -0.25) is 0 Å². The van der Waals surface area contributed by atoms with Gasteiger partial charge in [0.2, 0.25) is 0 Å². The predicted molar refractivity (Wildman–Crippen MR) is 208 cm³/mol. The number of esters is 4. The minimum atomic E-state index is -0.940. The van der Waals surface area contributed by atoms with E-state index in [1.807, 2.05) is 0 Å². The van der Waals surface area contributed by atoms with Gasteiger partial charge in [0.1, 0.15) is 37.9 Å². The molecule has 0 saturated heterocycles. The summed E-state index contributed by atoms with van der Waals surface area (Å²) < 4.78 is 53.6. The van der Waals surface area contributed by atoms with Crippen LogP contribution < -0.4 is 20.1 Å². The molecule has 0 heterocycles. The minimum absolute atomic E-state index is 0.0806. The van der Waals surface area contributed by atoms with Crippen LogP contribution >= 0.6 is 0 Å². The molecule has 0 radical (unpaired) electrons. The van der Waals surface area contributed by atoms with E-state index in [4.69, 9.17) is 47.4 Å². The lowest BCUT2D eigenvalue weighted by Crippen LogP contribution is -2.35. The van der Waals surface area contributed by atoms with E-state index >= 15 is 0 Å². The van der Waals surface area contributed by atoms with Crippen molar-refractivity contribution in [3.8, 4) is 11.5 Å². The molecule has 2 amide bonds. The summed E-state index contributed by atoms with van der Waals surface area (Å²) in [5.41, 5.74) is 0.887. The van der Waals surface area contributed by atoms with E-state index in [2.05, 4.69) is 36.9 Å². The topological polar surface area (TPSA) is 219 Å². The zero-order valence-corrected chi connectivity index (χ0v) is 33.7. The second-order valence-electron chi connectivity index (χ2n) is 12.5. The normalized spacial score (nSPS) is 11.4. The van der Waals surface area contributed by atoms with E-state index in [0.717, 1.165) is 0 Å². The van der Waals surface area contributed by atoms with Gasteiger partial charge < -0.3 is 58.0 Å². The third-order valence-electron chi connectivity index (χ3n) is 6.79. The van der Waals surface area contributed by atoms with E-state index in [0.29, 0.717) is 24.3 Å². The lowest BCUT2D eigenvalue weighted by molar-refractivity contribution is -0.144. The number of rotatable bonds is 30. The van der Waals surface area contributed by atoms with Crippen LogP contribution in [0.2, 0.25) is 0 Å². The number of alkyl carbamates (subject to hydrolysis) is 2. The first-order valence-corrected chi connectivity index (χ1v) is 18.3. The molecule has 1 aromatic rings. The van der Waals surface area contributed by atoms with Gasteiger partial charge in [0.25, 0.3) is 0 Å². The molecule has 0 aliphatic rings. The van der Waals surface area contributed by atoms with Crippen molar-refractivity contribution in [1.82, 2.24) is 10.6 Å². The lowest BCUT2D eigenvalue weighted by Gasteiger charge is -2.19. The van der Waals surface area contributed by atoms with E-state index in [-0.39, 0.29) is 101 Å². The average molecular weight is 821 g/mol. The zero-order valence-electron chi connectivity index (χ0n) is 33.7. The first-order chi connectivity index (χ1) is 27.6. The average Bonchev–Trinajstić information content (AvgIpc) is 3.17. The number of hydrogen-bond donors (Lipinski definition) is 2. The fourth-order valence-corrected chi connectivity index (χ4v) is 3.82. The van der Waals surface area contributed by atoms with Crippen molar-refractivity contribution in [3.63, 3.8) is 0 Å². The Bertz CT molecular complexity index is 1450. The van der Waals surface area contributed by atoms with Crippen LogP contribution in [0.15, 0.2) is 72.9 Å². The second kappa shape index (κ2) is 29.4. The van der Waals surface area contributed by atoms with Gasteiger partial charge in [-0.25, -0.2) is 28.8 Å². The molecule has 0 aliphatic carbocycles. The molecular weight excluding hydrogens is 764 g/mol. The van der Waals surface area contributed by atoms with Gasteiger partial charge in [0.05, 0.1) is 39.6 Å². The molecule has 2 N–H and O–H groups in total. The molecule has 0 aromatic heterocycles. The Morgan fingerprint density at radius 2 is 0.879 bits per heavy atom. The van der Waals surface area contributed by atoms with E-state index in [1.165, 1.54) is 27.7 Å². The van der Waals surface area contributed by atoms with Crippen LogP contribution in [0.1, 0.15) is 40.5 Å². The Hall–Kier alpha value is -5.88. The fourth-order valence-electron chi connectivity index (χ4n) is 3.82. The number of ether oxygens (including phenoxy) is 10. The Morgan fingerprint density at radius 3 is 1.24 bits per heavy atom. The van der Waals surface area contributed by atoms with Crippen LogP contribution in [0.5, 0.6) is 11.5 Å². The summed E-state index contributed by atoms with van der Waals surface area (Å²) in [4.78, 5) is 71.3. The summed E-state index contributed by atoms with van der Waals surface area (Å²) in [6, 6.07) is 6.80. The van der Waals surface area contributed by atoms with Crippen molar-refractivity contribution in [2.75, 3.05) is 79.2 Å². The number of hydrogen-bond acceptors (Lipinski definition) is 16. The number of amides is 2. The maximum atomic E-state index is 12.3. The first kappa shape index (κ1) is 50.1. The Kier molecular flexibility index (Phi) is 25.4. The Morgan fingerprint density at radius 1 is 0.517 bits per heavy atom. The number of benzene rings is 1. The molecule has 0 spiro atoms.